The van der Waals surface area contributed by atoms with Crippen molar-refractivity contribution in [1.82, 2.24) is 10.1 Å². The third-order valence-electron chi connectivity index (χ3n) is 6.68. The molecule has 2 unspecified atom stereocenters. The van der Waals surface area contributed by atoms with Crippen molar-refractivity contribution in [3.63, 3.8) is 0 Å². The van der Waals surface area contributed by atoms with Crippen molar-refractivity contribution < 1.29 is 23.5 Å². The van der Waals surface area contributed by atoms with Crippen LogP contribution >= 0.6 is 0 Å². The van der Waals surface area contributed by atoms with E-state index in [1.54, 1.807) is 18.2 Å². The number of ether oxygens (including phenoxy) is 2. The van der Waals surface area contributed by atoms with Crippen LogP contribution in [-0.4, -0.2) is 67.3 Å². The Morgan fingerprint density at radius 1 is 1.06 bits per heavy atom. The number of benzene rings is 2. The van der Waals surface area contributed by atoms with Gasteiger partial charge in [-0.1, -0.05) is 47.6 Å². The number of halogens is 1. The highest BCUT2D eigenvalue weighted by molar-refractivity contribution is 5.69. The fourth-order valence-corrected chi connectivity index (χ4v) is 4.85. The molecule has 1 N–H and O–H groups in total. The first kappa shape index (κ1) is 23.9. The molecule has 3 heterocycles. The Kier molecular flexibility index (Phi) is 7.73. The molecule has 7 nitrogen and oxygen atoms in total. The number of aromatic nitrogens is 1. The second kappa shape index (κ2) is 11.3. The van der Waals surface area contributed by atoms with Crippen molar-refractivity contribution in [1.29, 1.82) is 0 Å². The van der Waals surface area contributed by atoms with E-state index in [1.165, 1.54) is 6.07 Å². The van der Waals surface area contributed by atoms with Gasteiger partial charge in [0.25, 0.3) is 0 Å². The molecule has 2 atom stereocenters. The summed E-state index contributed by atoms with van der Waals surface area (Å²) in [4.78, 5) is 4.28. The summed E-state index contributed by atoms with van der Waals surface area (Å²) in [6.07, 6.45) is 1.45. The maximum absolute atomic E-state index is 14.8. The number of aliphatic hydroxyl groups excluding tert-OH is 1. The van der Waals surface area contributed by atoms with Crippen LogP contribution in [0.4, 0.5) is 10.3 Å². The summed E-state index contributed by atoms with van der Waals surface area (Å²) in [6, 6.07) is 16.3. The molecule has 186 valence electrons. The molecule has 0 aliphatic carbocycles. The van der Waals surface area contributed by atoms with Crippen molar-refractivity contribution in [2.45, 2.75) is 31.6 Å². The van der Waals surface area contributed by atoms with Gasteiger partial charge < -0.3 is 24.0 Å². The Labute approximate surface area is 205 Å². The van der Waals surface area contributed by atoms with Crippen molar-refractivity contribution >= 4 is 5.88 Å². The third-order valence-corrected chi connectivity index (χ3v) is 6.68. The summed E-state index contributed by atoms with van der Waals surface area (Å²) in [6.45, 7) is 4.83. The summed E-state index contributed by atoms with van der Waals surface area (Å²) < 4.78 is 32.1. The van der Waals surface area contributed by atoms with Gasteiger partial charge in [-0.05, 0) is 30.5 Å². The van der Waals surface area contributed by atoms with E-state index in [-0.39, 0.29) is 11.9 Å². The van der Waals surface area contributed by atoms with Gasteiger partial charge in [0.1, 0.15) is 11.5 Å². The van der Waals surface area contributed by atoms with Crippen LogP contribution in [0.25, 0.3) is 11.3 Å². The van der Waals surface area contributed by atoms with E-state index in [1.807, 2.05) is 30.3 Å². The van der Waals surface area contributed by atoms with Crippen molar-refractivity contribution in [2.75, 3.05) is 50.9 Å². The number of rotatable bonds is 9. The number of nitrogens with zero attached hydrogens (tertiary/aromatic N) is 3. The normalized spacial score (nSPS) is 19.4. The molecule has 0 radical (unpaired) electrons. The zero-order valence-corrected chi connectivity index (χ0v) is 19.8. The van der Waals surface area contributed by atoms with Crippen LogP contribution in [0.15, 0.2) is 59.1 Å². The van der Waals surface area contributed by atoms with E-state index in [2.05, 4.69) is 15.0 Å². The Balaban J connectivity index is 1.47. The lowest BCUT2D eigenvalue weighted by molar-refractivity contribution is 0.0460. The zero-order chi connectivity index (χ0) is 24.0. The van der Waals surface area contributed by atoms with Crippen LogP contribution in [0, 0.1) is 5.82 Å². The first-order chi connectivity index (χ1) is 17.2. The Morgan fingerprint density at radius 3 is 2.57 bits per heavy atom. The summed E-state index contributed by atoms with van der Waals surface area (Å²) in [7, 11) is 0. The Morgan fingerprint density at radius 2 is 1.83 bits per heavy atom. The van der Waals surface area contributed by atoms with E-state index < -0.39 is 6.10 Å². The maximum atomic E-state index is 14.8. The summed E-state index contributed by atoms with van der Waals surface area (Å²) in [5.41, 5.74) is 2.58. The smallest absolute Gasteiger partial charge is 0.232 e. The quantitative estimate of drug-likeness (QED) is 0.495. The van der Waals surface area contributed by atoms with Crippen LogP contribution < -0.4 is 4.90 Å². The first-order valence-electron chi connectivity index (χ1n) is 12.3. The second-order valence-corrected chi connectivity index (χ2v) is 9.15. The van der Waals surface area contributed by atoms with Crippen LogP contribution in [0.3, 0.4) is 0 Å². The van der Waals surface area contributed by atoms with E-state index in [9.17, 15) is 9.50 Å². The maximum Gasteiger partial charge on any atom is 0.232 e. The van der Waals surface area contributed by atoms with Crippen molar-refractivity contribution in [3.8, 4) is 11.3 Å². The largest absolute Gasteiger partial charge is 0.387 e. The van der Waals surface area contributed by atoms with Gasteiger partial charge in [0.05, 0.1) is 31.0 Å². The SMILES string of the molecule is OC(CN(Cc1c(-c2ccccc2F)noc1N1CCOCC1)CC1CCCO1)c1ccccc1. The molecule has 2 aliphatic heterocycles. The molecule has 0 bridgehead atoms. The highest BCUT2D eigenvalue weighted by Crippen LogP contribution is 2.35. The zero-order valence-electron chi connectivity index (χ0n) is 19.8. The van der Waals surface area contributed by atoms with Crippen LogP contribution in [-0.2, 0) is 16.0 Å². The molecular weight excluding hydrogens is 449 g/mol. The molecule has 2 aromatic carbocycles. The van der Waals surface area contributed by atoms with E-state index >= 15 is 0 Å². The predicted molar refractivity (Wildman–Crippen MR) is 131 cm³/mol. The number of aliphatic hydroxyl groups is 1. The minimum absolute atomic E-state index is 0.0987. The average Bonchev–Trinajstić information content (AvgIpc) is 3.55. The molecule has 35 heavy (non-hydrogen) atoms. The minimum atomic E-state index is -0.666. The summed E-state index contributed by atoms with van der Waals surface area (Å²) >= 11 is 0. The molecule has 0 amide bonds. The molecular formula is C27H32FN3O4. The molecule has 2 fully saturated rings. The fourth-order valence-electron chi connectivity index (χ4n) is 4.85. The van der Waals surface area contributed by atoms with Gasteiger partial charge >= 0.3 is 0 Å². The fraction of sp³-hybridized carbons (Fsp3) is 0.444. The van der Waals surface area contributed by atoms with Crippen LogP contribution in [0.5, 0.6) is 0 Å². The van der Waals surface area contributed by atoms with Gasteiger partial charge in [-0.25, -0.2) is 4.39 Å². The van der Waals surface area contributed by atoms with E-state index in [4.69, 9.17) is 14.0 Å². The average molecular weight is 482 g/mol. The topological polar surface area (TPSA) is 71.2 Å². The van der Waals surface area contributed by atoms with Gasteiger partial charge in [0, 0.05) is 44.9 Å². The van der Waals surface area contributed by atoms with Gasteiger partial charge in [-0.15, -0.1) is 0 Å². The standard InChI is InChI=1S/C27H32FN3O4/c28-24-11-5-4-10-22(24)26-23(27(35-29-26)31-12-15-33-16-13-31)18-30(17-21-9-6-14-34-21)19-25(32)20-7-2-1-3-8-20/h1-5,7-8,10-11,21,25,32H,6,9,12-19H2. The van der Waals surface area contributed by atoms with Gasteiger partial charge in [-0.2, -0.15) is 0 Å². The molecule has 3 aromatic rings. The van der Waals surface area contributed by atoms with Crippen LogP contribution in [0.1, 0.15) is 30.1 Å². The minimum Gasteiger partial charge on any atom is -0.387 e. The Bertz CT molecular complexity index is 1080. The molecule has 0 saturated carbocycles. The molecule has 2 aliphatic rings. The van der Waals surface area contributed by atoms with Gasteiger partial charge in [0.15, 0.2) is 0 Å². The number of hydrogen-bond acceptors (Lipinski definition) is 7. The highest BCUT2D eigenvalue weighted by atomic mass is 19.1. The lowest BCUT2D eigenvalue weighted by Crippen LogP contribution is -2.38. The lowest BCUT2D eigenvalue weighted by atomic mass is 10.0. The van der Waals surface area contributed by atoms with Crippen molar-refractivity contribution in [3.05, 3.63) is 71.5 Å². The number of morpholine rings is 1. The predicted octanol–water partition coefficient (Wildman–Crippen LogP) is 4.03. The molecule has 5 rings (SSSR count). The lowest BCUT2D eigenvalue weighted by Gasteiger charge is -2.30. The third kappa shape index (κ3) is 5.73. The highest BCUT2D eigenvalue weighted by Gasteiger charge is 2.29. The summed E-state index contributed by atoms with van der Waals surface area (Å²) in [5.74, 6) is 0.295. The second-order valence-electron chi connectivity index (χ2n) is 9.15. The van der Waals surface area contributed by atoms with Crippen molar-refractivity contribution in [2.24, 2.45) is 0 Å². The Hall–Kier alpha value is -2.78. The van der Waals surface area contributed by atoms with Crippen LogP contribution in [0.2, 0.25) is 0 Å². The van der Waals surface area contributed by atoms with E-state index in [0.29, 0.717) is 63.1 Å². The molecule has 8 heteroatoms. The monoisotopic (exact) mass is 481 g/mol. The molecule has 0 spiro atoms. The van der Waals surface area contributed by atoms with E-state index in [0.717, 1.165) is 30.6 Å². The molecule has 1 aromatic heterocycles. The number of hydrogen-bond donors (Lipinski definition) is 1. The summed E-state index contributed by atoms with van der Waals surface area (Å²) in [5, 5.41) is 15.4. The van der Waals surface area contributed by atoms with Gasteiger partial charge in [0.2, 0.25) is 5.88 Å². The van der Waals surface area contributed by atoms with Gasteiger partial charge in [-0.3, -0.25) is 4.90 Å². The number of anilines is 1. The molecule has 2 saturated heterocycles. The first-order valence-corrected chi connectivity index (χ1v) is 12.3.